The summed E-state index contributed by atoms with van der Waals surface area (Å²) in [6.45, 7) is 10.7. The van der Waals surface area contributed by atoms with Gasteiger partial charge in [-0.15, -0.1) is 24.0 Å². The number of methoxy groups -OCH3 is 1. The molecule has 0 aromatic carbocycles. The highest BCUT2D eigenvalue weighted by molar-refractivity contribution is 14.0. The molecule has 4 nitrogen and oxygen atoms in total. The molecule has 1 fully saturated rings. The Morgan fingerprint density at radius 3 is 2.59 bits per heavy atom. The van der Waals surface area contributed by atoms with E-state index in [4.69, 9.17) is 10.5 Å². The van der Waals surface area contributed by atoms with Crippen LogP contribution in [0.25, 0.3) is 0 Å². The number of guanidine groups is 1. The minimum atomic E-state index is 0. The molecule has 1 aliphatic rings. The fraction of sp³-hybridized carbons (Fsp3) is 0.750. The Morgan fingerprint density at radius 2 is 2.18 bits per heavy atom. The Kier molecular flexibility index (Phi) is 6.47. The highest BCUT2D eigenvalue weighted by Crippen LogP contribution is 2.42. The lowest BCUT2D eigenvalue weighted by atomic mass is 9.64. The van der Waals surface area contributed by atoms with Crippen LogP contribution >= 0.6 is 24.0 Å². The standard InChI is InChI=1S/C12H23N3O.HI/c1-8(2)7-14-11(13)15-9-6-10(16-5)12(9,3)4;/h9-10H,1,6-7H2,2-5H3,(H3,13,14,15);1H. The van der Waals surface area contributed by atoms with Crippen LogP contribution in [0.3, 0.4) is 0 Å². The molecule has 0 bridgehead atoms. The van der Waals surface area contributed by atoms with Gasteiger partial charge in [-0.1, -0.05) is 26.0 Å². The molecule has 0 heterocycles. The van der Waals surface area contributed by atoms with E-state index in [0.717, 1.165) is 12.0 Å². The number of nitrogens with two attached hydrogens (primary N) is 1. The Morgan fingerprint density at radius 1 is 1.59 bits per heavy atom. The zero-order valence-electron chi connectivity index (χ0n) is 11.1. The minimum Gasteiger partial charge on any atom is -0.381 e. The minimum absolute atomic E-state index is 0. The molecule has 0 radical (unpaired) electrons. The summed E-state index contributed by atoms with van der Waals surface area (Å²) in [5.41, 5.74) is 6.91. The molecule has 1 saturated carbocycles. The number of nitrogens with zero attached hydrogens (tertiary/aromatic N) is 1. The van der Waals surface area contributed by atoms with Crippen LogP contribution in [0, 0.1) is 5.41 Å². The summed E-state index contributed by atoms with van der Waals surface area (Å²) in [5.74, 6) is 0.496. The van der Waals surface area contributed by atoms with Crippen molar-refractivity contribution in [1.29, 1.82) is 0 Å². The van der Waals surface area contributed by atoms with Crippen LogP contribution < -0.4 is 11.1 Å². The topological polar surface area (TPSA) is 59.6 Å². The first kappa shape index (κ1) is 16.7. The zero-order valence-corrected chi connectivity index (χ0v) is 13.4. The molecule has 2 atom stereocenters. The Labute approximate surface area is 121 Å². The van der Waals surface area contributed by atoms with Crippen molar-refractivity contribution in [2.24, 2.45) is 16.1 Å². The van der Waals surface area contributed by atoms with Crippen molar-refractivity contribution >= 4 is 29.9 Å². The summed E-state index contributed by atoms with van der Waals surface area (Å²) in [5, 5.41) is 3.23. The van der Waals surface area contributed by atoms with Gasteiger partial charge in [0.15, 0.2) is 5.96 Å². The van der Waals surface area contributed by atoms with Crippen LogP contribution in [0.5, 0.6) is 0 Å². The number of ether oxygens (including phenoxy) is 1. The predicted molar refractivity (Wildman–Crippen MR) is 82.8 cm³/mol. The lowest BCUT2D eigenvalue weighted by Gasteiger charge is -2.51. The van der Waals surface area contributed by atoms with Crippen LogP contribution in [0.4, 0.5) is 0 Å². The van der Waals surface area contributed by atoms with E-state index in [2.05, 4.69) is 30.7 Å². The second-order valence-corrected chi connectivity index (χ2v) is 5.14. The second kappa shape index (κ2) is 6.58. The van der Waals surface area contributed by atoms with E-state index in [0.29, 0.717) is 24.7 Å². The molecule has 5 heteroatoms. The number of hydrogen-bond donors (Lipinski definition) is 2. The van der Waals surface area contributed by atoms with Crippen molar-refractivity contribution in [3.05, 3.63) is 12.2 Å². The van der Waals surface area contributed by atoms with Gasteiger partial charge in [-0.25, -0.2) is 4.99 Å². The predicted octanol–water partition coefficient (Wildman–Crippen LogP) is 1.90. The number of rotatable bonds is 4. The summed E-state index contributed by atoms with van der Waals surface area (Å²) in [4.78, 5) is 4.20. The van der Waals surface area contributed by atoms with E-state index in [9.17, 15) is 0 Å². The fourth-order valence-corrected chi connectivity index (χ4v) is 1.97. The SMILES string of the molecule is C=C(C)CN=C(N)NC1CC(OC)C1(C)C.I. The van der Waals surface area contributed by atoms with Gasteiger partial charge in [0.05, 0.1) is 12.6 Å². The highest BCUT2D eigenvalue weighted by Gasteiger charge is 2.48. The summed E-state index contributed by atoms with van der Waals surface area (Å²) >= 11 is 0. The smallest absolute Gasteiger partial charge is 0.189 e. The molecule has 1 rings (SSSR count). The molecule has 0 aromatic rings. The lowest BCUT2D eigenvalue weighted by Crippen LogP contribution is -2.62. The Hall–Kier alpha value is -0.300. The number of aliphatic imine (C=N–C) groups is 1. The Bertz CT molecular complexity index is 302. The first-order valence-electron chi connectivity index (χ1n) is 5.61. The third-order valence-electron chi connectivity index (χ3n) is 3.30. The molecule has 0 aliphatic heterocycles. The molecule has 3 N–H and O–H groups in total. The van der Waals surface area contributed by atoms with Crippen LogP contribution in [-0.4, -0.2) is 31.8 Å². The molecule has 1 aliphatic carbocycles. The van der Waals surface area contributed by atoms with Gasteiger partial charge in [-0.2, -0.15) is 0 Å². The van der Waals surface area contributed by atoms with E-state index in [1.54, 1.807) is 7.11 Å². The van der Waals surface area contributed by atoms with Crippen molar-refractivity contribution in [3.63, 3.8) is 0 Å². The summed E-state index contributed by atoms with van der Waals surface area (Å²) < 4.78 is 5.38. The van der Waals surface area contributed by atoms with Crippen LogP contribution in [0.1, 0.15) is 27.2 Å². The van der Waals surface area contributed by atoms with Crippen molar-refractivity contribution in [2.45, 2.75) is 39.3 Å². The van der Waals surface area contributed by atoms with Crippen molar-refractivity contribution in [3.8, 4) is 0 Å². The average Bonchev–Trinajstić information content (AvgIpc) is 2.20. The van der Waals surface area contributed by atoms with Gasteiger partial charge in [0, 0.05) is 18.6 Å². The number of halogens is 1. The summed E-state index contributed by atoms with van der Waals surface area (Å²) in [7, 11) is 1.75. The van der Waals surface area contributed by atoms with Crippen LogP contribution in [-0.2, 0) is 4.74 Å². The van der Waals surface area contributed by atoms with Crippen LogP contribution in [0.2, 0.25) is 0 Å². The monoisotopic (exact) mass is 353 g/mol. The zero-order chi connectivity index (χ0) is 12.3. The number of hydrogen-bond acceptors (Lipinski definition) is 2. The van der Waals surface area contributed by atoms with Gasteiger partial charge in [-0.3, -0.25) is 0 Å². The van der Waals surface area contributed by atoms with E-state index < -0.39 is 0 Å². The van der Waals surface area contributed by atoms with Gasteiger partial charge in [-0.05, 0) is 13.3 Å². The Balaban J connectivity index is 0.00000256. The molecule has 2 unspecified atom stereocenters. The third kappa shape index (κ3) is 4.13. The lowest BCUT2D eigenvalue weighted by molar-refractivity contribution is -0.0921. The van der Waals surface area contributed by atoms with Gasteiger partial charge in [0.2, 0.25) is 0 Å². The average molecular weight is 353 g/mol. The maximum atomic E-state index is 5.80. The van der Waals surface area contributed by atoms with Crippen molar-refractivity contribution in [2.75, 3.05) is 13.7 Å². The number of nitrogens with one attached hydrogen (secondary N) is 1. The van der Waals surface area contributed by atoms with Gasteiger partial charge >= 0.3 is 0 Å². The maximum absolute atomic E-state index is 5.80. The van der Waals surface area contributed by atoms with E-state index in [1.807, 2.05) is 6.92 Å². The molecule has 0 amide bonds. The van der Waals surface area contributed by atoms with Crippen molar-refractivity contribution in [1.82, 2.24) is 5.32 Å². The van der Waals surface area contributed by atoms with E-state index in [-0.39, 0.29) is 29.4 Å². The molecule has 0 spiro atoms. The van der Waals surface area contributed by atoms with Gasteiger partial charge < -0.3 is 15.8 Å². The quantitative estimate of drug-likeness (QED) is 0.351. The summed E-state index contributed by atoms with van der Waals surface area (Å²) in [6, 6.07) is 0.339. The molecule has 0 aromatic heterocycles. The molecule has 0 saturated heterocycles. The first-order chi connectivity index (χ1) is 7.37. The molecular weight excluding hydrogens is 329 g/mol. The maximum Gasteiger partial charge on any atom is 0.189 e. The van der Waals surface area contributed by atoms with E-state index >= 15 is 0 Å². The van der Waals surface area contributed by atoms with Gasteiger partial charge in [0.25, 0.3) is 0 Å². The largest absolute Gasteiger partial charge is 0.381 e. The normalized spacial score (nSPS) is 26.7. The van der Waals surface area contributed by atoms with Gasteiger partial charge in [0.1, 0.15) is 0 Å². The molecular formula is C12H24IN3O. The van der Waals surface area contributed by atoms with Crippen molar-refractivity contribution < 1.29 is 4.74 Å². The summed E-state index contributed by atoms with van der Waals surface area (Å²) in [6.07, 6.45) is 1.28. The van der Waals surface area contributed by atoms with E-state index in [1.165, 1.54) is 0 Å². The first-order valence-corrected chi connectivity index (χ1v) is 5.61. The molecule has 100 valence electrons. The fourth-order valence-electron chi connectivity index (χ4n) is 1.97. The second-order valence-electron chi connectivity index (χ2n) is 5.14. The molecule has 17 heavy (non-hydrogen) atoms. The third-order valence-corrected chi connectivity index (χ3v) is 3.30. The highest BCUT2D eigenvalue weighted by atomic mass is 127. The van der Waals surface area contributed by atoms with Crippen LogP contribution in [0.15, 0.2) is 17.1 Å².